The smallest absolute Gasteiger partial charge is 0.239 e. The van der Waals surface area contributed by atoms with Crippen LogP contribution in [0.2, 0.25) is 0 Å². The molecular formula is C15H24N2O4. The molecule has 1 rings (SSSR count). The minimum absolute atomic E-state index is 0.0743. The largest absolute Gasteiger partial charge is 0.491 e. The quantitative estimate of drug-likeness (QED) is 0.602. The molecule has 118 valence electrons. The van der Waals surface area contributed by atoms with E-state index >= 15 is 0 Å². The van der Waals surface area contributed by atoms with E-state index in [-0.39, 0.29) is 12.5 Å². The summed E-state index contributed by atoms with van der Waals surface area (Å²) >= 11 is 0. The van der Waals surface area contributed by atoms with Crippen molar-refractivity contribution >= 4 is 11.6 Å². The second kappa shape index (κ2) is 10.9. The van der Waals surface area contributed by atoms with Gasteiger partial charge in [0.05, 0.1) is 19.8 Å². The highest BCUT2D eigenvalue weighted by atomic mass is 16.5. The molecule has 0 aliphatic rings. The number of hydrogen-bond acceptors (Lipinski definition) is 5. The van der Waals surface area contributed by atoms with E-state index in [4.69, 9.17) is 14.2 Å². The molecule has 0 heterocycles. The van der Waals surface area contributed by atoms with Gasteiger partial charge in [0.25, 0.3) is 0 Å². The Balaban J connectivity index is 2.29. The Hall–Kier alpha value is -1.79. The van der Waals surface area contributed by atoms with E-state index in [0.717, 1.165) is 11.4 Å². The molecule has 0 saturated carbocycles. The maximum atomic E-state index is 11.5. The van der Waals surface area contributed by atoms with E-state index in [9.17, 15) is 4.79 Å². The van der Waals surface area contributed by atoms with Gasteiger partial charge in [-0.25, -0.2) is 0 Å². The van der Waals surface area contributed by atoms with Crippen molar-refractivity contribution in [3.8, 4) is 5.75 Å². The topological polar surface area (TPSA) is 68.8 Å². The molecule has 0 bridgehead atoms. The van der Waals surface area contributed by atoms with Gasteiger partial charge in [0, 0.05) is 32.0 Å². The van der Waals surface area contributed by atoms with Crippen LogP contribution < -0.4 is 15.4 Å². The first kappa shape index (κ1) is 17.3. The van der Waals surface area contributed by atoms with Gasteiger partial charge in [-0.2, -0.15) is 0 Å². The summed E-state index contributed by atoms with van der Waals surface area (Å²) in [5.41, 5.74) is 0.839. The van der Waals surface area contributed by atoms with Crippen LogP contribution in [-0.4, -0.2) is 52.5 Å². The van der Waals surface area contributed by atoms with Crippen molar-refractivity contribution in [3.05, 3.63) is 24.3 Å². The highest BCUT2D eigenvalue weighted by Gasteiger charge is 2.01. The minimum atomic E-state index is -0.0743. The third kappa shape index (κ3) is 8.16. The fourth-order valence-electron chi connectivity index (χ4n) is 1.60. The lowest BCUT2D eigenvalue weighted by atomic mass is 10.3. The first-order valence-corrected chi connectivity index (χ1v) is 7.06. The first-order chi connectivity index (χ1) is 10.3. The number of amides is 1. The Morgan fingerprint density at radius 3 is 2.86 bits per heavy atom. The summed E-state index contributed by atoms with van der Waals surface area (Å²) in [6.45, 7) is 4.94. The molecule has 0 saturated heterocycles. The zero-order valence-corrected chi connectivity index (χ0v) is 12.7. The number of hydrogen-bond donors (Lipinski definition) is 2. The summed E-state index contributed by atoms with van der Waals surface area (Å²) in [6.07, 6.45) is 0. The molecule has 6 heteroatoms. The second-order valence-electron chi connectivity index (χ2n) is 4.27. The van der Waals surface area contributed by atoms with Crippen LogP contribution in [0.5, 0.6) is 5.75 Å². The number of carbonyl (C=O) groups is 1. The van der Waals surface area contributed by atoms with Gasteiger partial charge < -0.3 is 24.8 Å². The lowest BCUT2D eigenvalue weighted by Gasteiger charge is -2.10. The monoisotopic (exact) mass is 296 g/mol. The molecule has 1 amide bonds. The summed E-state index contributed by atoms with van der Waals surface area (Å²) < 4.78 is 15.6. The molecule has 0 spiro atoms. The van der Waals surface area contributed by atoms with E-state index in [1.54, 1.807) is 7.11 Å². The van der Waals surface area contributed by atoms with Crippen molar-refractivity contribution < 1.29 is 19.0 Å². The van der Waals surface area contributed by atoms with Gasteiger partial charge >= 0.3 is 0 Å². The van der Waals surface area contributed by atoms with Crippen molar-refractivity contribution in [1.82, 2.24) is 5.32 Å². The molecular weight excluding hydrogens is 272 g/mol. The normalized spacial score (nSPS) is 10.2. The summed E-state index contributed by atoms with van der Waals surface area (Å²) in [6, 6.07) is 7.49. The van der Waals surface area contributed by atoms with Gasteiger partial charge in [0.15, 0.2) is 0 Å². The van der Waals surface area contributed by atoms with Gasteiger partial charge in [-0.1, -0.05) is 6.07 Å². The molecule has 21 heavy (non-hydrogen) atoms. The summed E-state index contributed by atoms with van der Waals surface area (Å²) in [7, 11) is 1.60. The Kier molecular flexibility index (Phi) is 8.99. The first-order valence-electron chi connectivity index (χ1n) is 7.06. The van der Waals surface area contributed by atoms with Crippen molar-refractivity contribution in [2.75, 3.05) is 51.9 Å². The van der Waals surface area contributed by atoms with Crippen LogP contribution in [0, 0.1) is 0 Å². The van der Waals surface area contributed by atoms with Crippen molar-refractivity contribution in [3.63, 3.8) is 0 Å². The highest BCUT2D eigenvalue weighted by Crippen LogP contribution is 2.16. The summed E-state index contributed by atoms with van der Waals surface area (Å²) in [5.74, 6) is 0.675. The zero-order valence-electron chi connectivity index (χ0n) is 12.7. The Morgan fingerprint density at radius 1 is 1.24 bits per heavy atom. The number of ether oxygens (including phenoxy) is 3. The average molecular weight is 296 g/mol. The van der Waals surface area contributed by atoms with E-state index < -0.39 is 0 Å². The molecule has 0 fully saturated rings. The number of nitrogens with one attached hydrogen (secondary N) is 2. The van der Waals surface area contributed by atoms with Gasteiger partial charge in [-0.05, 0) is 19.1 Å². The molecule has 0 atom stereocenters. The molecule has 2 N–H and O–H groups in total. The van der Waals surface area contributed by atoms with Crippen molar-refractivity contribution in [1.29, 1.82) is 0 Å². The Bertz CT molecular complexity index is 412. The lowest BCUT2D eigenvalue weighted by molar-refractivity contribution is -0.119. The van der Waals surface area contributed by atoms with E-state index in [1.807, 2.05) is 31.2 Å². The Labute approximate surface area is 125 Å². The van der Waals surface area contributed by atoms with Crippen LogP contribution >= 0.6 is 0 Å². The fourth-order valence-corrected chi connectivity index (χ4v) is 1.60. The number of benzene rings is 1. The lowest BCUT2D eigenvalue weighted by Crippen LogP contribution is -2.32. The molecule has 0 radical (unpaired) electrons. The molecule has 0 unspecified atom stereocenters. The van der Waals surface area contributed by atoms with E-state index in [1.165, 1.54) is 0 Å². The maximum Gasteiger partial charge on any atom is 0.239 e. The summed E-state index contributed by atoms with van der Waals surface area (Å²) in [4.78, 5) is 11.5. The molecule has 1 aromatic rings. The molecule has 0 aliphatic heterocycles. The SMILES string of the molecule is CCOCCOc1cccc(NCC(=O)NCCOC)c1. The van der Waals surface area contributed by atoms with Gasteiger partial charge in [-0.15, -0.1) is 0 Å². The number of rotatable bonds is 11. The van der Waals surface area contributed by atoms with Crippen LogP contribution in [0.1, 0.15) is 6.92 Å². The third-order valence-corrected chi connectivity index (χ3v) is 2.62. The number of methoxy groups -OCH3 is 1. The zero-order chi connectivity index (χ0) is 15.3. The second-order valence-corrected chi connectivity index (χ2v) is 4.27. The van der Waals surface area contributed by atoms with Crippen LogP contribution in [0.15, 0.2) is 24.3 Å². The summed E-state index contributed by atoms with van der Waals surface area (Å²) in [5, 5.41) is 5.79. The number of anilines is 1. The van der Waals surface area contributed by atoms with Gasteiger partial charge in [0.1, 0.15) is 12.4 Å². The van der Waals surface area contributed by atoms with E-state index in [0.29, 0.717) is 33.0 Å². The van der Waals surface area contributed by atoms with E-state index in [2.05, 4.69) is 10.6 Å². The predicted octanol–water partition coefficient (Wildman–Crippen LogP) is 1.28. The number of carbonyl (C=O) groups excluding carboxylic acids is 1. The van der Waals surface area contributed by atoms with Crippen molar-refractivity contribution in [2.24, 2.45) is 0 Å². The van der Waals surface area contributed by atoms with Crippen LogP contribution in [0.25, 0.3) is 0 Å². The Morgan fingerprint density at radius 2 is 2.10 bits per heavy atom. The highest BCUT2D eigenvalue weighted by molar-refractivity contribution is 5.80. The van der Waals surface area contributed by atoms with Crippen LogP contribution in [-0.2, 0) is 14.3 Å². The molecule has 6 nitrogen and oxygen atoms in total. The predicted molar refractivity (Wildman–Crippen MR) is 81.8 cm³/mol. The standard InChI is InChI=1S/C15H24N2O4/c1-3-20-9-10-21-14-6-4-5-13(11-14)17-12-15(18)16-7-8-19-2/h4-6,11,17H,3,7-10,12H2,1-2H3,(H,16,18). The minimum Gasteiger partial charge on any atom is -0.491 e. The van der Waals surface area contributed by atoms with Crippen molar-refractivity contribution in [2.45, 2.75) is 6.92 Å². The van der Waals surface area contributed by atoms with Gasteiger partial charge in [0.2, 0.25) is 5.91 Å². The van der Waals surface area contributed by atoms with Gasteiger partial charge in [-0.3, -0.25) is 4.79 Å². The fraction of sp³-hybridized carbons (Fsp3) is 0.533. The molecule has 1 aromatic carbocycles. The average Bonchev–Trinajstić information content (AvgIpc) is 2.50. The molecule has 0 aromatic heterocycles. The maximum absolute atomic E-state index is 11.5. The molecule has 0 aliphatic carbocycles. The van der Waals surface area contributed by atoms with Crippen LogP contribution in [0.4, 0.5) is 5.69 Å². The third-order valence-electron chi connectivity index (χ3n) is 2.62. The van der Waals surface area contributed by atoms with Crippen LogP contribution in [0.3, 0.4) is 0 Å².